The van der Waals surface area contributed by atoms with Crippen LogP contribution in [0.5, 0.6) is 0 Å². The third-order valence-electron chi connectivity index (χ3n) is 3.16. The third kappa shape index (κ3) is 2.78. The summed E-state index contributed by atoms with van der Waals surface area (Å²) in [5, 5.41) is 2.78. The maximum Gasteiger partial charge on any atom is 0.256 e. The van der Waals surface area contributed by atoms with Crippen molar-refractivity contribution in [3.05, 3.63) is 83.9 Å². The van der Waals surface area contributed by atoms with Gasteiger partial charge in [0.05, 0.1) is 5.56 Å². The Labute approximate surface area is 127 Å². The molecule has 0 aliphatic carbocycles. The fraction of sp³-hybridized carbons (Fsp3) is 0. The number of hydrogen-bond acceptors (Lipinski definition) is 3. The number of carbonyl (C=O) groups is 2. The molecule has 3 aromatic rings. The summed E-state index contributed by atoms with van der Waals surface area (Å²) < 4.78 is 0. The van der Waals surface area contributed by atoms with E-state index >= 15 is 0 Å². The second-order valence-electron chi connectivity index (χ2n) is 4.63. The molecule has 1 amide bonds. The van der Waals surface area contributed by atoms with Crippen LogP contribution in [-0.2, 0) is 0 Å². The van der Waals surface area contributed by atoms with Gasteiger partial charge in [0.2, 0.25) is 5.78 Å². The molecule has 0 unspecified atom stereocenters. The topological polar surface area (TPSA) is 74.8 Å². The van der Waals surface area contributed by atoms with E-state index in [0.29, 0.717) is 16.8 Å². The first-order valence-electron chi connectivity index (χ1n) is 6.75. The van der Waals surface area contributed by atoms with Gasteiger partial charge in [0, 0.05) is 23.6 Å². The van der Waals surface area contributed by atoms with Gasteiger partial charge in [-0.15, -0.1) is 0 Å². The number of amides is 1. The van der Waals surface area contributed by atoms with Crippen LogP contribution in [0.25, 0.3) is 0 Å². The number of carbonyl (C=O) groups excluding carboxylic acids is 2. The zero-order chi connectivity index (χ0) is 15.4. The molecule has 1 heterocycles. The molecule has 2 N–H and O–H groups in total. The van der Waals surface area contributed by atoms with Gasteiger partial charge in [-0.1, -0.05) is 36.4 Å². The first-order valence-corrected chi connectivity index (χ1v) is 6.75. The quantitative estimate of drug-likeness (QED) is 0.726. The molecule has 0 spiro atoms. The van der Waals surface area contributed by atoms with Gasteiger partial charge >= 0.3 is 0 Å². The first-order chi connectivity index (χ1) is 10.8. The average molecular weight is 291 g/mol. The van der Waals surface area contributed by atoms with Gasteiger partial charge < -0.3 is 10.3 Å². The predicted octanol–water partition coefficient (Wildman–Crippen LogP) is 2.89. The van der Waals surface area contributed by atoms with Crippen LogP contribution in [0.3, 0.4) is 0 Å². The number of ketones is 1. The SMILES string of the molecule is O=C(Nc1ccccc1)c1ccccc1C(=O)c1ncc[nH]1. The van der Waals surface area contributed by atoms with Crippen LogP contribution in [0.1, 0.15) is 26.5 Å². The third-order valence-corrected chi connectivity index (χ3v) is 3.16. The number of rotatable bonds is 4. The summed E-state index contributed by atoms with van der Waals surface area (Å²) in [6.45, 7) is 0. The second kappa shape index (κ2) is 6.05. The summed E-state index contributed by atoms with van der Waals surface area (Å²) >= 11 is 0. The number of nitrogens with zero attached hydrogens (tertiary/aromatic N) is 1. The van der Waals surface area contributed by atoms with E-state index in [1.807, 2.05) is 18.2 Å². The van der Waals surface area contributed by atoms with Crippen molar-refractivity contribution in [3.8, 4) is 0 Å². The van der Waals surface area contributed by atoms with Crippen LogP contribution in [0.4, 0.5) is 5.69 Å². The minimum Gasteiger partial charge on any atom is -0.342 e. The van der Waals surface area contributed by atoms with Crippen molar-refractivity contribution in [1.29, 1.82) is 0 Å². The molecule has 0 aliphatic rings. The summed E-state index contributed by atoms with van der Waals surface area (Å²) in [6.07, 6.45) is 3.07. The van der Waals surface area contributed by atoms with E-state index in [4.69, 9.17) is 0 Å². The number of imidazole rings is 1. The first kappa shape index (κ1) is 13.8. The maximum atomic E-state index is 12.4. The molecule has 5 heteroatoms. The van der Waals surface area contributed by atoms with Crippen LogP contribution in [0.15, 0.2) is 67.0 Å². The van der Waals surface area contributed by atoms with Crippen LogP contribution in [-0.4, -0.2) is 21.7 Å². The van der Waals surface area contributed by atoms with Crippen molar-refractivity contribution in [2.24, 2.45) is 0 Å². The number of para-hydroxylation sites is 1. The van der Waals surface area contributed by atoms with Crippen molar-refractivity contribution in [1.82, 2.24) is 9.97 Å². The Morgan fingerprint density at radius 3 is 2.27 bits per heavy atom. The highest BCUT2D eigenvalue weighted by Crippen LogP contribution is 2.15. The van der Waals surface area contributed by atoms with E-state index in [2.05, 4.69) is 15.3 Å². The normalized spacial score (nSPS) is 10.2. The zero-order valence-corrected chi connectivity index (χ0v) is 11.6. The average Bonchev–Trinajstić information content (AvgIpc) is 3.09. The van der Waals surface area contributed by atoms with Gasteiger partial charge in [-0.25, -0.2) is 4.98 Å². The van der Waals surface area contributed by atoms with Crippen molar-refractivity contribution >= 4 is 17.4 Å². The molecular weight excluding hydrogens is 278 g/mol. The second-order valence-corrected chi connectivity index (χ2v) is 4.63. The van der Waals surface area contributed by atoms with Crippen LogP contribution >= 0.6 is 0 Å². The van der Waals surface area contributed by atoms with Gasteiger partial charge in [0.25, 0.3) is 5.91 Å². The Hall–Kier alpha value is -3.21. The highest BCUT2D eigenvalue weighted by molar-refractivity contribution is 6.16. The number of anilines is 1. The Morgan fingerprint density at radius 2 is 1.59 bits per heavy atom. The lowest BCUT2D eigenvalue weighted by Crippen LogP contribution is -2.17. The molecule has 0 saturated heterocycles. The van der Waals surface area contributed by atoms with E-state index in [9.17, 15) is 9.59 Å². The van der Waals surface area contributed by atoms with Crippen molar-refractivity contribution < 1.29 is 9.59 Å². The number of aromatic amines is 1. The summed E-state index contributed by atoms with van der Waals surface area (Å²) in [6, 6.07) is 15.8. The van der Waals surface area contributed by atoms with Gasteiger partial charge in [-0.3, -0.25) is 9.59 Å². The van der Waals surface area contributed by atoms with Crippen LogP contribution in [0.2, 0.25) is 0 Å². The summed E-state index contributed by atoms with van der Waals surface area (Å²) in [7, 11) is 0. The standard InChI is InChI=1S/C17H13N3O2/c21-15(16-18-10-11-19-16)13-8-4-5-9-14(13)17(22)20-12-6-2-1-3-7-12/h1-11H,(H,18,19)(H,20,22). The number of H-pyrrole nitrogens is 1. The minimum absolute atomic E-state index is 0.208. The molecule has 1 aromatic heterocycles. The molecule has 2 aromatic carbocycles. The lowest BCUT2D eigenvalue weighted by atomic mass is 10.0. The highest BCUT2D eigenvalue weighted by Gasteiger charge is 2.19. The van der Waals surface area contributed by atoms with Crippen molar-refractivity contribution in [3.63, 3.8) is 0 Å². The molecule has 0 saturated carbocycles. The smallest absolute Gasteiger partial charge is 0.256 e. The number of hydrogen-bond donors (Lipinski definition) is 2. The van der Waals surface area contributed by atoms with E-state index in [1.54, 1.807) is 42.6 Å². The van der Waals surface area contributed by atoms with E-state index < -0.39 is 0 Å². The zero-order valence-electron chi connectivity index (χ0n) is 11.6. The molecule has 22 heavy (non-hydrogen) atoms. The molecule has 0 aliphatic heterocycles. The number of nitrogens with one attached hydrogen (secondary N) is 2. The fourth-order valence-electron chi connectivity index (χ4n) is 2.12. The lowest BCUT2D eigenvalue weighted by molar-refractivity contribution is 0.0992. The van der Waals surface area contributed by atoms with E-state index in [1.165, 1.54) is 6.20 Å². The van der Waals surface area contributed by atoms with Gasteiger partial charge in [-0.2, -0.15) is 0 Å². The van der Waals surface area contributed by atoms with Crippen molar-refractivity contribution in [2.45, 2.75) is 0 Å². The monoisotopic (exact) mass is 291 g/mol. The number of benzene rings is 2. The predicted molar refractivity (Wildman–Crippen MR) is 82.9 cm³/mol. The Bertz CT molecular complexity index is 796. The molecule has 3 rings (SSSR count). The molecule has 0 bridgehead atoms. The molecule has 0 fully saturated rings. The minimum atomic E-state index is -0.332. The van der Waals surface area contributed by atoms with Gasteiger partial charge in [-0.05, 0) is 18.2 Å². The van der Waals surface area contributed by atoms with Crippen LogP contribution in [0, 0.1) is 0 Å². The molecule has 5 nitrogen and oxygen atoms in total. The summed E-state index contributed by atoms with van der Waals surface area (Å²) in [5.41, 5.74) is 1.30. The van der Waals surface area contributed by atoms with E-state index in [-0.39, 0.29) is 17.5 Å². The molecule has 0 atom stereocenters. The Balaban J connectivity index is 1.91. The van der Waals surface area contributed by atoms with Crippen molar-refractivity contribution in [2.75, 3.05) is 5.32 Å². The number of aromatic nitrogens is 2. The van der Waals surface area contributed by atoms with Gasteiger partial charge in [0.15, 0.2) is 5.82 Å². The lowest BCUT2D eigenvalue weighted by Gasteiger charge is -2.08. The fourth-order valence-corrected chi connectivity index (χ4v) is 2.12. The van der Waals surface area contributed by atoms with E-state index in [0.717, 1.165) is 0 Å². The summed E-state index contributed by atoms with van der Waals surface area (Å²) in [5.74, 6) is -0.439. The Kier molecular flexibility index (Phi) is 3.78. The molecule has 108 valence electrons. The molecular formula is C17H13N3O2. The van der Waals surface area contributed by atoms with Crippen LogP contribution < -0.4 is 5.32 Å². The van der Waals surface area contributed by atoms with Gasteiger partial charge in [0.1, 0.15) is 0 Å². The molecule has 0 radical (unpaired) electrons. The highest BCUT2D eigenvalue weighted by atomic mass is 16.2. The maximum absolute atomic E-state index is 12.4. The largest absolute Gasteiger partial charge is 0.342 e. The summed E-state index contributed by atoms with van der Waals surface area (Å²) in [4.78, 5) is 31.5. The Morgan fingerprint density at radius 1 is 0.909 bits per heavy atom.